The fraction of sp³-hybridized carbons (Fsp3) is 0.538. The third kappa shape index (κ3) is 3.65. The van der Waals surface area contributed by atoms with Crippen molar-refractivity contribution < 1.29 is 0 Å². The molecule has 4 N–H and O–H groups in total. The monoisotopic (exact) mass is 206 g/mol. The highest BCUT2D eigenvalue weighted by Gasteiger charge is 2.08. The van der Waals surface area contributed by atoms with Crippen LogP contribution < -0.4 is 11.5 Å². The van der Waals surface area contributed by atoms with Crippen LogP contribution in [0.2, 0.25) is 0 Å². The Bertz CT molecular complexity index is 307. The third-order valence-electron chi connectivity index (χ3n) is 2.79. The van der Waals surface area contributed by atoms with Crippen molar-refractivity contribution in [2.24, 2.45) is 11.5 Å². The van der Waals surface area contributed by atoms with Crippen molar-refractivity contribution in [2.75, 3.05) is 6.54 Å². The van der Waals surface area contributed by atoms with Gasteiger partial charge in [0.05, 0.1) is 0 Å². The van der Waals surface area contributed by atoms with Crippen LogP contribution in [0.25, 0.3) is 0 Å². The lowest BCUT2D eigenvalue weighted by molar-refractivity contribution is 0.589. The van der Waals surface area contributed by atoms with Gasteiger partial charge in [-0.2, -0.15) is 0 Å². The zero-order valence-corrected chi connectivity index (χ0v) is 9.79. The van der Waals surface area contributed by atoms with E-state index in [-0.39, 0.29) is 6.04 Å². The Morgan fingerprint density at radius 2 is 1.93 bits per heavy atom. The van der Waals surface area contributed by atoms with E-state index in [1.54, 1.807) is 0 Å². The largest absolute Gasteiger partial charge is 0.330 e. The molecule has 0 fully saturated rings. The molecule has 0 spiro atoms. The summed E-state index contributed by atoms with van der Waals surface area (Å²) in [6.07, 6.45) is 3.21. The maximum absolute atomic E-state index is 6.15. The smallest absolute Gasteiger partial charge is 0.0297 e. The van der Waals surface area contributed by atoms with Crippen LogP contribution in [0, 0.1) is 13.8 Å². The molecule has 15 heavy (non-hydrogen) atoms. The fourth-order valence-electron chi connectivity index (χ4n) is 1.91. The summed E-state index contributed by atoms with van der Waals surface area (Å²) in [4.78, 5) is 0. The molecule has 1 rings (SSSR count). The normalized spacial score (nSPS) is 12.8. The molecule has 0 heterocycles. The molecule has 2 nitrogen and oxygen atoms in total. The number of rotatable bonds is 5. The topological polar surface area (TPSA) is 52.0 Å². The number of hydrogen-bond donors (Lipinski definition) is 2. The van der Waals surface area contributed by atoms with E-state index in [9.17, 15) is 0 Å². The molecule has 0 amide bonds. The first kappa shape index (κ1) is 12.2. The van der Waals surface area contributed by atoms with Gasteiger partial charge in [0, 0.05) is 6.04 Å². The Labute approximate surface area is 92.7 Å². The molecule has 0 radical (unpaired) electrons. The molecule has 0 unspecified atom stereocenters. The minimum atomic E-state index is 0.164. The lowest BCUT2D eigenvalue weighted by atomic mass is 9.96. The molecule has 0 aliphatic heterocycles. The summed E-state index contributed by atoms with van der Waals surface area (Å²) in [5, 5.41) is 0. The second kappa shape index (κ2) is 5.89. The van der Waals surface area contributed by atoms with Gasteiger partial charge in [-0.05, 0) is 44.4 Å². The van der Waals surface area contributed by atoms with Crippen molar-refractivity contribution in [3.8, 4) is 0 Å². The first-order chi connectivity index (χ1) is 7.15. The molecular weight excluding hydrogens is 184 g/mol. The Hall–Kier alpha value is -0.860. The molecule has 0 saturated carbocycles. The number of hydrogen-bond acceptors (Lipinski definition) is 2. The molecule has 1 aromatic rings. The Morgan fingerprint density at radius 1 is 1.20 bits per heavy atom. The van der Waals surface area contributed by atoms with Gasteiger partial charge < -0.3 is 11.5 Å². The molecule has 0 aliphatic carbocycles. The van der Waals surface area contributed by atoms with Crippen molar-refractivity contribution >= 4 is 0 Å². The summed E-state index contributed by atoms with van der Waals surface area (Å²) >= 11 is 0. The van der Waals surface area contributed by atoms with Crippen LogP contribution in [0.4, 0.5) is 0 Å². The maximum atomic E-state index is 6.15. The Morgan fingerprint density at radius 3 is 2.53 bits per heavy atom. The van der Waals surface area contributed by atoms with Crippen molar-refractivity contribution in [3.05, 3.63) is 34.9 Å². The van der Waals surface area contributed by atoms with Crippen LogP contribution in [-0.2, 0) is 0 Å². The Kier molecular flexibility index (Phi) is 4.79. The predicted molar refractivity (Wildman–Crippen MR) is 65.7 cm³/mol. The van der Waals surface area contributed by atoms with E-state index in [1.807, 2.05) is 0 Å². The van der Waals surface area contributed by atoms with Crippen molar-refractivity contribution in [1.29, 1.82) is 0 Å². The van der Waals surface area contributed by atoms with E-state index in [0.29, 0.717) is 0 Å². The molecule has 0 aromatic heterocycles. The second-order valence-corrected chi connectivity index (χ2v) is 4.25. The van der Waals surface area contributed by atoms with Gasteiger partial charge in [-0.25, -0.2) is 0 Å². The standard InChI is InChI=1S/C13H22N2/c1-10-6-7-12(11(2)9-10)13(15)5-3-4-8-14/h6-7,9,13H,3-5,8,14-15H2,1-2H3/t13-/m1/s1. The van der Waals surface area contributed by atoms with Crippen LogP contribution in [0.15, 0.2) is 18.2 Å². The van der Waals surface area contributed by atoms with Crippen molar-refractivity contribution in [3.63, 3.8) is 0 Å². The quantitative estimate of drug-likeness (QED) is 0.727. The van der Waals surface area contributed by atoms with Crippen LogP contribution in [0.3, 0.4) is 0 Å². The molecular formula is C13H22N2. The molecule has 0 bridgehead atoms. The van der Waals surface area contributed by atoms with Gasteiger partial charge in [0.25, 0.3) is 0 Å². The highest BCUT2D eigenvalue weighted by atomic mass is 14.6. The number of unbranched alkanes of at least 4 members (excludes halogenated alkanes) is 1. The molecule has 0 aliphatic rings. The molecule has 1 atom stereocenters. The summed E-state index contributed by atoms with van der Waals surface area (Å²) < 4.78 is 0. The van der Waals surface area contributed by atoms with Crippen LogP contribution in [0.1, 0.15) is 42.0 Å². The van der Waals surface area contributed by atoms with Crippen LogP contribution in [-0.4, -0.2) is 6.54 Å². The number of benzene rings is 1. The first-order valence-electron chi connectivity index (χ1n) is 5.68. The van der Waals surface area contributed by atoms with E-state index in [4.69, 9.17) is 11.5 Å². The average molecular weight is 206 g/mol. The van der Waals surface area contributed by atoms with Crippen molar-refractivity contribution in [2.45, 2.75) is 39.2 Å². The van der Waals surface area contributed by atoms with Gasteiger partial charge in [-0.15, -0.1) is 0 Å². The molecule has 2 heteroatoms. The lowest BCUT2D eigenvalue weighted by Crippen LogP contribution is -2.12. The number of aryl methyl sites for hydroxylation is 2. The fourth-order valence-corrected chi connectivity index (χ4v) is 1.91. The van der Waals surface area contributed by atoms with Gasteiger partial charge in [0.1, 0.15) is 0 Å². The molecule has 84 valence electrons. The summed E-state index contributed by atoms with van der Waals surface area (Å²) in [6, 6.07) is 6.64. The minimum Gasteiger partial charge on any atom is -0.330 e. The van der Waals surface area contributed by atoms with Crippen LogP contribution >= 0.6 is 0 Å². The average Bonchev–Trinajstić information content (AvgIpc) is 2.17. The third-order valence-corrected chi connectivity index (χ3v) is 2.79. The SMILES string of the molecule is Cc1ccc([C@H](N)CCCCN)c(C)c1. The minimum absolute atomic E-state index is 0.164. The van der Waals surface area contributed by atoms with E-state index < -0.39 is 0 Å². The van der Waals surface area contributed by atoms with Gasteiger partial charge in [0.15, 0.2) is 0 Å². The highest BCUT2D eigenvalue weighted by molar-refractivity contribution is 5.32. The zero-order valence-electron chi connectivity index (χ0n) is 9.79. The summed E-state index contributed by atoms with van der Waals surface area (Å²) in [7, 11) is 0. The van der Waals surface area contributed by atoms with Gasteiger partial charge in [-0.1, -0.05) is 30.2 Å². The van der Waals surface area contributed by atoms with E-state index in [1.165, 1.54) is 16.7 Å². The zero-order chi connectivity index (χ0) is 11.3. The van der Waals surface area contributed by atoms with Crippen molar-refractivity contribution in [1.82, 2.24) is 0 Å². The van der Waals surface area contributed by atoms with E-state index >= 15 is 0 Å². The van der Waals surface area contributed by atoms with Gasteiger partial charge in [-0.3, -0.25) is 0 Å². The summed E-state index contributed by atoms with van der Waals surface area (Å²) in [5.41, 5.74) is 15.5. The Balaban J connectivity index is 2.61. The van der Waals surface area contributed by atoms with Gasteiger partial charge in [0.2, 0.25) is 0 Å². The van der Waals surface area contributed by atoms with Crippen LogP contribution in [0.5, 0.6) is 0 Å². The summed E-state index contributed by atoms with van der Waals surface area (Å²) in [5.74, 6) is 0. The summed E-state index contributed by atoms with van der Waals surface area (Å²) in [6.45, 7) is 5.00. The molecule has 0 saturated heterocycles. The molecule has 1 aromatic carbocycles. The lowest BCUT2D eigenvalue weighted by Gasteiger charge is -2.15. The van der Waals surface area contributed by atoms with E-state index in [0.717, 1.165) is 25.8 Å². The highest BCUT2D eigenvalue weighted by Crippen LogP contribution is 2.21. The van der Waals surface area contributed by atoms with E-state index in [2.05, 4.69) is 32.0 Å². The predicted octanol–water partition coefficient (Wildman–Crippen LogP) is 2.43. The maximum Gasteiger partial charge on any atom is 0.0297 e. The number of nitrogens with two attached hydrogens (primary N) is 2. The van der Waals surface area contributed by atoms with Gasteiger partial charge >= 0.3 is 0 Å². The second-order valence-electron chi connectivity index (χ2n) is 4.25. The first-order valence-corrected chi connectivity index (χ1v) is 5.68.